The van der Waals surface area contributed by atoms with Crippen molar-refractivity contribution in [2.75, 3.05) is 0 Å². The van der Waals surface area contributed by atoms with Gasteiger partial charge in [0, 0.05) is 54.5 Å². The molecule has 9 nitrogen and oxygen atoms in total. The first-order valence-corrected chi connectivity index (χ1v) is 21.5. The highest BCUT2D eigenvalue weighted by atomic mass is 35.5. The molecule has 19 heteroatoms. The van der Waals surface area contributed by atoms with Crippen LogP contribution in [0, 0.1) is 34.9 Å². The Morgan fingerprint density at radius 1 is 0.544 bits per heavy atom. The lowest BCUT2D eigenvalue weighted by atomic mass is 9.95. The van der Waals surface area contributed by atoms with E-state index in [0.29, 0.717) is 98.5 Å². The van der Waals surface area contributed by atoms with E-state index in [1.165, 1.54) is 84.9 Å². The summed E-state index contributed by atoms with van der Waals surface area (Å²) in [6.07, 6.45) is 1.65. The van der Waals surface area contributed by atoms with Gasteiger partial charge in [-0.3, -0.25) is 4.79 Å². The number of hydrogen-bond donors (Lipinski definition) is 4. The maximum atomic E-state index is 13.8. The number of thiocarbonyl (C=S) groups is 1. The van der Waals surface area contributed by atoms with Crippen molar-refractivity contribution in [1.82, 2.24) is 0 Å². The van der Waals surface area contributed by atoms with Crippen LogP contribution in [0.5, 0.6) is 0 Å². The second kappa shape index (κ2) is 21.6. The van der Waals surface area contributed by atoms with Gasteiger partial charge in [-0.15, -0.1) is 0 Å². The SMILES string of the molecule is C.NC1=Nc2cc(F)cc(/C(Cc3ccc(F)c(Cl)c3)=N/O)c2C1.NC1=Nc2cc(F)cc(C(=O)Cc3ccc(F)c(Cl)c3)c2C1.NC1=Nc2cc(F)cc(C(=S)Cc3ccc(F)c(Cl)c3)c2C1. The summed E-state index contributed by atoms with van der Waals surface area (Å²) in [5.74, 6) is -2.16. The van der Waals surface area contributed by atoms with E-state index in [0.717, 1.165) is 11.1 Å². The van der Waals surface area contributed by atoms with Crippen LogP contribution in [-0.2, 0) is 38.5 Å². The van der Waals surface area contributed by atoms with Crippen molar-refractivity contribution < 1.29 is 36.3 Å². The molecular weight excluding hydrogens is 971 g/mol. The number of Topliss-reactive ketones (excluding diaryl/α,β-unsaturated/α-hetero) is 1. The number of benzene rings is 6. The predicted molar refractivity (Wildman–Crippen MR) is 261 cm³/mol. The third-order valence-electron chi connectivity index (χ3n) is 10.5. The van der Waals surface area contributed by atoms with E-state index in [4.69, 9.17) is 64.2 Å². The van der Waals surface area contributed by atoms with Crippen LogP contribution in [0.15, 0.2) is 111 Å². The van der Waals surface area contributed by atoms with Crippen LogP contribution in [0.25, 0.3) is 0 Å². The van der Waals surface area contributed by atoms with Gasteiger partial charge in [0.25, 0.3) is 0 Å². The van der Waals surface area contributed by atoms with Crippen molar-refractivity contribution in [2.24, 2.45) is 37.3 Å². The third-order valence-corrected chi connectivity index (χ3v) is 11.8. The first-order valence-electron chi connectivity index (χ1n) is 19.9. The van der Waals surface area contributed by atoms with Gasteiger partial charge in [0.15, 0.2) is 5.78 Å². The molecule has 68 heavy (non-hydrogen) atoms. The van der Waals surface area contributed by atoms with Crippen molar-refractivity contribution >= 4 is 97.9 Å². The first kappa shape index (κ1) is 50.8. The van der Waals surface area contributed by atoms with E-state index in [1.54, 1.807) is 6.07 Å². The largest absolute Gasteiger partial charge is 0.411 e. The van der Waals surface area contributed by atoms with Crippen LogP contribution < -0.4 is 17.2 Å². The van der Waals surface area contributed by atoms with Gasteiger partial charge >= 0.3 is 0 Å². The molecule has 0 amide bonds. The summed E-state index contributed by atoms with van der Waals surface area (Å²) < 4.78 is 80.7. The average molecular weight is 1010 g/mol. The Labute approximate surface area is 406 Å². The third kappa shape index (κ3) is 11.9. The molecule has 0 bridgehead atoms. The molecule has 0 saturated carbocycles. The van der Waals surface area contributed by atoms with E-state index < -0.39 is 34.9 Å². The second-order valence-electron chi connectivity index (χ2n) is 15.4. The molecule has 9 rings (SSSR count). The highest BCUT2D eigenvalue weighted by molar-refractivity contribution is 7.80. The number of carbonyl (C=O) groups excluding carboxylic acids is 1. The van der Waals surface area contributed by atoms with Crippen molar-refractivity contribution in [3.63, 3.8) is 0 Å². The Bertz CT molecular complexity index is 3010. The Hall–Kier alpha value is -6.59. The van der Waals surface area contributed by atoms with E-state index in [9.17, 15) is 36.3 Å². The lowest BCUT2D eigenvalue weighted by molar-refractivity contribution is 0.0991. The van der Waals surface area contributed by atoms with Crippen LogP contribution in [0.2, 0.25) is 15.1 Å². The maximum Gasteiger partial charge on any atom is 0.167 e. The number of hydrogen-bond acceptors (Lipinski definition) is 10. The lowest BCUT2D eigenvalue weighted by Crippen LogP contribution is -2.14. The molecule has 3 heterocycles. The number of carbonyl (C=O) groups is 1. The zero-order valence-electron chi connectivity index (χ0n) is 34.6. The van der Waals surface area contributed by atoms with Gasteiger partial charge in [-0.25, -0.2) is 41.3 Å². The number of amidine groups is 3. The van der Waals surface area contributed by atoms with Crippen molar-refractivity contribution in [3.05, 3.63) is 191 Å². The Morgan fingerprint density at radius 3 is 1.31 bits per heavy atom. The zero-order valence-corrected chi connectivity index (χ0v) is 37.7. The van der Waals surface area contributed by atoms with E-state index >= 15 is 0 Å². The predicted octanol–water partition coefficient (Wildman–Crippen LogP) is 11.9. The molecule has 0 aromatic heterocycles. The zero-order chi connectivity index (χ0) is 48.3. The van der Waals surface area contributed by atoms with Crippen LogP contribution in [0.4, 0.5) is 43.4 Å². The minimum Gasteiger partial charge on any atom is -0.411 e. The fourth-order valence-electron chi connectivity index (χ4n) is 7.49. The van der Waals surface area contributed by atoms with Gasteiger partial charge in [0.1, 0.15) is 52.4 Å². The molecule has 350 valence electrons. The number of nitrogens with zero attached hydrogens (tertiary/aromatic N) is 4. The van der Waals surface area contributed by atoms with Gasteiger partial charge in [-0.05, 0) is 112 Å². The normalized spacial score (nSPS) is 13.1. The molecule has 0 unspecified atom stereocenters. The first-order chi connectivity index (χ1) is 31.8. The summed E-state index contributed by atoms with van der Waals surface area (Å²) in [7, 11) is 0. The van der Waals surface area contributed by atoms with Gasteiger partial charge in [0.05, 0.1) is 37.8 Å². The van der Waals surface area contributed by atoms with Gasteiger partial charge in [-0.1, -0.05) is 77.8 Å². The smallest absolute Gasteiger partial charge is 0.167 e. The summed E-state index contributed by atoms with van der Waals surface area (Å²) >= 11 is 22.6. The minimum atomic E-state index is -0.550. The highest BCUT2D eigenvalue weighted by Gasteiger charge is 2.24. The Balaban J connectivity index is 0.000000167. The molecule has 3 aliphatic rings. The summed E-state index contributed by atoms with van der Waals surface area (Å²) in [5, 5.41) is 12.6. The fraction of sp³-hybridized carbons (Fsp3) is 0.143. The van der Waals surface area contributed by atoms with Crippen molar-refractivity contribution in [2.45, 2.75) is 46.0 Å². The molecular formula is C49H38Cl3F6N7O2S. The monoisotopic (exact) mass is 1010 g/mol. The molecule has 0 saturated heterocycles. The second-order valence-corrected chi connectivity index (χ2v) is 17.1. The Kier molecular flexibility index (Phi) is 16.1. The number of ketones is 1. The molecule has 0 radical (unpaired) electrons. The average Bonchev–Trinajstić information content (AvgIpc) is 3.97. The summed E-state index contributed by atoms with van der Waals surface area (Å²) in [6.45, 7) is 0. The highest BCUT2D eigenvalue weighted by Crippen LogP contribution is 2.34. The van der Waals surface area contributed by atoms with E-state index in [-0.39, 0.29) is 52.4 Å². The topological polar surface area (TPSA) is 165 Å². The van der Waals surface area contributed by atoms with Gasteiger partial charge in [-0.2, -0.15) is 0 Å². The molecule has 0 aliphatic carbocycles. The molecule has 6 aromatic carbocycles. The molecule has 7 N–H and O–H groups in total. The Morgan fingerprint density at radius 2 is 0.897 bits per heavy atom. The van der Waals surface area contributed by atoms with Crippen molar-refractivity contribution in [3.8, 4) is 0 Å². The number of rotatable bonds is 9. The van der Waals surface area contributed by atoms with Gasteiger partial charge in [0.2, 0.25) is 0 Å². The lowest BCUT2D eigenvalue weighted by Gasteiger charge is -2.10. The van der Waals surface area contributed by atoms with E-state index in [2.05, 4.69) is 20.1 Å². The molecule has 0 fully saturated rings. The minimum absolute atomic E-state index is 0. The summed E-state index contributed by atoms with van der Waals surface area (Å²) in [5.41, 5.74) is 24.0. The van der Waals surface area contributed by atoms with Crippen LogP contribution in [-0.4, -0.2) is 39.1 Å². The quantitative estimate of drug-likeness (QED) is 0.0281. The van der Waals surface area contributed by atoms with Crippen LogP contribution in [0.3, 0.4) is 0 Å². The number of oxime groups is 1. The number of aliphatic imine (C=N–C) groups is 3. The fourth-order valence-corrected chi connectivity index (χ4v) is 8.45. The van der Waals surface area contributed by atoms with Crippen LogP contribution in [0.1, 0.15) is 62.3 Å². The number of halogens is 9. The summed E-state index contributed by atoms with van der Waals surface area (Å²) in [6, 6.07) is 20.4. The summed E-state index contributed by atoms with van der Waals surface area (Å²) in [4.78, 5) is 25.2. The number of nitrogens with two attached hydrogens (primary N) is 3. The van der Waals surface area contributed by atoms with Gasteiger partial charge < -0.3 is 22.4 Å². The molecule has 3 aliphatic heterocycles. The molecule has 0 spiro atoms. The standard InChI is InChI=1S/C16H12ClF2N3O.C16H11ClF2N2O.C16H11ClF2N2S.CH4/c17-12-3-8(1-2-13(12)19)4-15(22-23)10-5-9(18)6-14-11(10)7-16(20)21-14;2*17-12-3-8(1-2-13(12)19)4-15(22)11-5-9(18)6-14-10(11)7-16(20)21-14;/h1-3,5-6,23H,4,7H2,(H2,20,21);2*1-3,5-6H,4,7H2,(H2,20,21);1H4/b22-15+;;;. The van der Waals surface area contributed by atoms with Crippen LogP contribution >= 0.6 is 47.0 Å². The number of fused-ring (bicyclic) bond motifs is 3. The van der Waals surface area contributed by atoms with Crippen molar-refractivity contribution in [1.29, 1.82) is 0 Å². The molecule has 6 aromatic rings. The molecule has 0 atom stereocenters. The van der Waals surface area contributed by atoms with E-state index in [1.807, 2.05) is 0 Å². The maximum absolute atomic E-state index is 13.8.